The van der Waals surface area contributed by atoms with Crippen LogP contribution in [0, 0.1) is 0 Å². The molecule has 1 amide bonds. The van der Waals surface area contributed by atoms with Gasteiger partial charge in [0.25, 0.3) is 0 Å². The average molecular weight is 320 g/mol. The lowest BCUT2D eigenvalue weighted by Crippen LogP contribution is -2.33. The maximum Gasteiger partial charge on any atom is 0.230 e. The third-order valence-corrected chi connectivity index (χ3v) is 4.03. The zero-order valence-electron chi connectivity index (χ0n) is 12.9. The number of carbonyl (C=O) groups excluding carboxylic acids is 1. The summed E-state index contributed by atoms with van der Waals surface area (Å²) in [5.74, 6) is 1.77. The number of aromatic amines is 1. The van der Waals surface area contributed by atoms with Crippen LogP contribution in [0.5, 0.6) is 5.75 Å². The Morgan fingerprint density at radius 3 is 2.77 bits per heavy atom. The fourth-order valence-electron chi connectivity index (χ4n) is 1.74. The molecule has 6 nitrogen and oxygen atoms in total. The lowest BCUT2D eigenvalue weighted by molar-refractivity contribution is -0.119. The first-order valence-electron chi connectivity index (χ1n) is 7.11. The molecule has 1 aromatic heterocycles. The minimum Gasteiger partial charge on any atom is -0.497 e. The molecule has 0 aliphatic heterocycles. The number of methoxy groups -OCH3 is 1. The average Bonchev–Trinajstić information content (AvgIpc) is 3.02. The third kappa shape index (κ3) is 4.49. The molecule has 2 rings (SSSR count). The van der Waals surface area contributed by atoms with Crippen LogP contribution in [0.1, 0.15) is 20.3 Å². The molecule has 2 aromatic rings. The van der Waals surface area contributed by atoms with Gasteiger partial charge in [-0.25, -0.2) is 4.98 Å². The first kappa shape index (κ1) is 16.4. The Hall–Kier alpha value is -2.02. The van der Waals surface area contributed by atoms with Crippen molar-refractivity contribution < 1.29 is 9.53 Å². The van der Waals surface area contributed by atoms with E-state index in [0.717, 1.165) is 17.7 Å². The van der Waals surface area contributed by atoms with Gasteiger partial charge in [0.2, 0.25) is 11.1 Å². The molecule has 0 fully saturated rings. The minimum absolute atomic E-state index is 0.00449. The summed E-state index contributed by atoms with van der Waals surface area (Å²) in [6.45, 7) is 4.02. The third-order valence-electron chi connectivity index (χ3n) is 3.18. The summed E-state index contributed by atoms with van der Waals surface area (Å²) in [7, 11) is 1.63. The zero-order chi connectivity index (χ0) is 15.9. The summed E-state index contributed by atoms with van der Waals surface area (Å²) >= 11 is 1.31. The van der Waals surface area contributed by atoms with Crippen molar-refractivity contribution in [2.24, 2.45) is 0 Å². The fourth-order valence-corrected chi connectivity index (χ4v) is 2.35. The lowest BCUT2D eigenvalue weighted by atomic mass is 10.2. The molecule has 0 unspecified atom stereocenters. The van der Waals surface area contributed by atoms with Gasteiger partial charge in [0, 0.05) is 11.6 Å². The highest BCUT2D eigenvalue weighted by Gasteiger charge is 2.10. The largest absolute Gasteiger partial charge is 0.497 e. The van der Waals surface area contributed by atoms with E-state index in [2.05, 4.69) is 20.5 Å². The van der Waals surface area contributed by atoms with Gasteiger partial charge in [0.15, 0.2) is 5.82 Å². The van der Waals surface area contributed by atoms with Crippen LogP contribution in [-0.2, 0) is 4.79 Å². The van der Waals surface area contributed by atoms with Gasteiger partial charge in [-0.1, -0.05) is 18.7 Å². The van der Waals surface area contributed by atoms with Gasteiger partial charge >= 0.3 is 0 Å². The van der Waals surface area contributed by atoms with Crippen LogP contribution in [-0.4, -0.2) is 40.0 Å². The second-order valence-corrected chi connectivity index (χ2v) is 5.80. The van der Waals surface area contributed by atoms with E-state index in [1.54, 1.807) is 7.11 Å². The maximum absolute atomic E-state index is 11.7. The highest BCUT2D eigenvalue weighted by Crippen LogP contribution is 2.21. The number of ether oxygens (including phenoxy) is 1. The van der Waals surface area contributed by atoms with Gasteiger partial charge in [-0.3, -0.25) is 9.89 Å². The Morgan fingerprint density at radius 2 is 2.14 bits per heavy atom. The van der Waals surface area contributed by atoms with Crippen LogP contribution in [0.4, 0.5) is 0 Å². The van der Waals surface area contributed by atoms with E-state index >= 15 is 0 Å². The molecular weight excluding hydrogens is 300 g/mol. The summed E-state index contributed by atoms with van der Waals surface area (Å²) in [6.07, 6.45) is 0.915. The van der Waals surface area contributed by atoms with Crippen LogP contribution >= 0.6 is 11.8 Å². The fraction of sp³-hybridized carbons (Fsp3) is 0.400. The molecule has 0 radical (unpaired) electrons. The molecule has 0 aliphatic rings. The van der Waals surface area contributed by atoms with Crippen LogP contribution in [0.2, 0.25) is 0 Å². The van der Waals surface area contributed by atoms with E-state index in [0.29, 0.717) is 16.7 Å². The lowest BCUT2D eigenvalue weighted by Gasteiger charge is -2.09. The van der Waals surface area contributed by atoms with E-state index in [-0.39, 0.29) is 11.9 Å². The first-order valence-corrected chi connectivity index (χ1v) is 8.10. The number of amides is 1. The van der Waals surface area contributed by atoms with E-state index < -0.39 is 0 Å². The minimum atomic E-state index is -0.00449. The molecule has 0 saturated carbocycles. The van der Waals surface area contributed by atoms with Crippen molar-refractivity contribution in [3.05, 3.63) is 24.3 Å². The number of thioether (sulfide) groups is 1. The van der Waals surface area contributed by atoms with Gasteiger partial charge < -0.3 is 10.1 Å². The highest BCUT2D eigenvalue weighted by molar-refractivity contribution is 7.99. The number of nitrogens with zero attached hydrogens (tertiary/aromatic N) is 2. The van der Waals surface area contributed by atoms with E-state index in [9.17, 15) is 4.79 Å². The second-order valence-electron chi connectivity index (χ2n) is 4.86. The van der Waals surface area contributed by atoms with Gasteiger partial charge in [0.05, 0.1) is 12.9 Å². The smallest absolute Gasteiger partial charge is 0.230 e. The number of aromatic nitrogens is 3. The normalized spacial score (nSPS) is 12.0. The summed E-state index contributed by atoms with van der Waals surface area (Å²) in [5, 5.41) is 10.5. The molecule has 0 saturated heterocycles. The van der Waals surface area contributed by atoms with Crippen molar-refractivity contribution in [2.75, 3.05) is 12.9 Å². The van der Waals surface area contributed by atoms with Crippen molar-refractivity contribution in [1.29, 1.82) is 0 Å². The zero-order valence-corrected chi connectivity index (χ0v) is 13.7. The van der Waals surface area contributed by atoms with Crippen LogP contribution in [0.3, 0.4) is 0 Å². The molecule has 0 aliphatic carbocycles. The Bertz CT molecular complexity index is 612. The molecule has 22 heavy (non-hydrogen) atoms. The van der Waals surface area contributed by atoms with Crippen molar-refractivity contribution in [3.8, 4) is 17.1 Å². The predicted octanol–water partition coefficient (Wildman–Crippen LogP) is 2.49. The number of hydrogen-bond acceptors (Lipinski definition) is 5. The Labute approximate surface area is 134 Å². The standard InChI is InChI=1S/C15H20N4O2S/c1-4-10(2)16-13(20)9-22-15-17-14(18-19-15)11-5-7-12(21-3)8-6-11/h5-8,10H,4,9H2,1-3H3,(H,16,20)(H,17,18,19)/t10-/m0/s1. The SMILES string of the molecule is CC[C@H](C)NC(=O)CSc1n[nH]c(-c2ccc(OC)cc2)n1. The van der Waals surface area contributed by atoms with Crippen LogP contribution in [0.25, 0.3) is 11.4 Å². The summed E-state index contributed by atoms with van der Waals surface area (Å²) in [5.41, 5.74) is 0.921. The van der Waals surface area contributed by atoms with Crippen molar-refractivity contribution in [2.45, 2.75) is 31.5 Å². The molecule has 2 N–H and O–H groups in total. The van der Waals surface area contributed by atoms with Crippen molar-refractivity contribution in [3.63, 3.8) is 0 Å². The molecule has 1 aromatic carbocycles. The van der Waals surface area contributed by atoms with E-state index in [1.807, 2.05) is 38.1 Å². The maximum atomic E-state index is 11.7. The van der Waals surface area contributed by atoms with Crippen LogP contribution < -0.4 is 10.1 Å². The quantitative estimate of drug-likeness (QED) is 0.766. The number of hydrogen-bond donors (Lipinski definition) is 2. The molecule has 118 valence electrons. The van der Waals surface area contributed by atoms with Gasteiger partial charge in [-0.15, -0.1) is 5.10 Å². The molecule has 0 spiro atoms. The second kappa shape index (κ2) is 7.84. The monoisotopic (exact) mass is 320 g/mol. The van der Waals surface area contributed by atoms with Gasteiger partial charge in [0.1, 0.15) is 5.75 Å². The topological polar surface area (TPSA) is 79.9 Å². The number of benzene rings is 1. The van der Waals surface area contributed by atoms with E-state index in [4.69, 9.17) is 4.74 Å². The summed E-state index contributed by atoms with van der Waals surface area (Å²) < 4.78 is 5.12. The summed E-state index contributed by atoms with van der Waals surface area (Å²) in [6, 6.07) is 7.73. The molecular formula is C15H20N4O2S. The first-order chi connectivity index (χ1) is 10.6. The Balaban J connectivity index is 1.92. The van der Waals surface area contributed by atoms with Crippen molar-refractivity contribution in [1.82, 2.24) is 20.5 Å². The Morgan fingerprint density at radius 1 is 1.41 bits per heavy atom. The Kier molecular flexibility index (Phi) is 5.83. The molecule has 0 bridgehead atoms. The number of H-pyrrole nitrogens is 1. The van der Waals surface area contributed by atoms with Crippen LogP contribution in [0.15, 0.2) is 29.4 Å². The van der Waals surface area contributed by atoms with Gasteiger partial charge in [-0.05, 0) is 37.6 Å². The predicted molar refractivity (Wildman–Crippen MR) is 87.0 cm³/mol. The van der Waals surface area contributed by atoms with Gasteiger partial charge in [-0.2, -0.15) is 0 Å². The number of rotatable bonds is 7. The summed E-state index contributed by atoms with van der Waals surface area (Å²) in [4.78, 5) is 16.1. The number of carbonyl (C=O) groups is 1. The molecule has 1 atom stereocenters. The molecule has 1 heterocycles. The number of nitrogens with one attached hydrogen (secondary N) is 2. The molecule has 7 heteroatoms. The van der Waals surface area contributed by atoms with E-state index in [1.165, 1.54) is 11.8 Å². The van der Waals surface area contributed by atoms with Crippen molar-refractivity contribution >= 4 is 17.7 Å². The highest BCUT2D eigenvalue weighted by atomic mass is 32.2.